The zero-order valence-corrected chi connectivity index (χ0v) is 12.9. The van der Waals surface area contributed by atoms with Crippen LogP contribution in [0.25, 0.3) is 0 Å². The van der Waals surface area contributed by atoms with Crippen LogP contribution in [0.1, 0.15) is 39.2 Å². The Labute approximate surface area is 121 Å². The Bertz CT molecular complexity index is 424. The second kappa shape index (κ2) is 7.43. The van der Waals surface area contributed by atoms with Crippen LogP contribution in [-0.4, -0.2) is 42.3 Å². The van der Waals surface area contributed by atoms with E-state index in [0.717, 1.165) is 57.1 Å². The van der Waals surface area contributed by atoms with Gasteiger partial charge in [-0.25, -0.2) is 9.97 Å². The van der Waals surface area contributed by atoms with Gasteiger partial charge in [-0.15, -0.1) is 0 Å². The molecule has 1 atom stereocenters. The summed E-state index contributed by atoms with van der Waals surface area (Å²) in [5.41, 5.74) is 1.24. The standard InChI is InChI=1S/C15H26N4O/c1-4-7-13-14(16-6-3)17-11-18-15(13)19-8-9-20-12(5-2)10-19/h11-12H,4-10H2,1-3H3,(H,16,17,18). The molecule has 0 saturated carbocycles. The van der Waals surface area contributed by atoms with Crippen LogP contribution in [-0.2, 0) is 11.2 Å². The number of aromatic nitrogens is 2. The third-order valence-corrected chi connectivity index (χ3v) is 3.66. The predicted octanol–water partition coefficient (Wildman–Crippen LogP) is 2.48. The van der Waals surface area contributed by atoms with Crippen molar-refractivity contribution in [1.29, 1.82) is 0 Å². The summed E-state index contributed by atoms with van der Waals surface area (Å²) in [6.45, 7) is 9.97. The zero-order valence-electron chi connectivity index (χ0n) is 12.9. The molecule has 1 fully saturated rings. The van der Waals surface area contributed by atoms with Gasteiger partial charge in [0.25, 0.3) is 0 Å². The second-order valence-electron chi connectivity index (χ2n) is 5.15. The summed E-state index contributed by atoms with van der Waals surface area (Å²) in [5.74, 6) is 2.07. The molecule has 5 heteroatoms. The third kappa shape index (κ3) is 3.39. The molecule has 0 amide bonds. The van der Waals surface area contributed by atoms with Crippen LogP contribution in [0.5, 0.6) is 0 Å². The van der Waals surface area contributed by atoms with Crippen LogP contribution in [0, 0.1) is 0 Å². The van der Waals surface area contributed by atoms with Crippen LogP contribution in [0.2, 0.25) is 0 Å². The minimum atomic E-state index is 0.316. The number of rotatable bonds is 6. The summed E-state index contributed by atoms with van der Waals surface area (Å²) in [4.78, 5) is 11.3. The molecule has 1 unspecified atom stereocenters. The van der Waals surface area contributed by atoms with Gasteiger partial charge in [0.15, 0.2) is 0 Å². The van der Waals surface area contributed by atoms with Crippen molar-refractivity contribution in [3.8, 4) is 0 Å². The lowest BCUT2D eigenvalue weighted by molar-refractivity contribution is 0.0381. The minimum Gasteiger partial charge on any atom is -0.375 e. The average Bonchev–Trinajstić information content (AvgIpc) is 2.49. The Hall–Kier alpha value is -1.36. The smallest absolute Gasteiger partial charge is 0.137 e. The van der Waals surface area contributed by atoms with Crippen LogP contribution in [0.3, 0.4) is 0 Å². The lowest BCUT2D eigenvalue weighted by Crippen LogP contribution is -2.43. The third-order valence-electron chi connectivity index (χ3n) is 3.66. The monoisotopic (exact) mass is 278 g/mol. The van der Waals surface area contributed by atoms with E-state index < -0.39 is 0 Å². The van der Waals surface area contributed by atoms with Crippen LogP contribution >= 0.6 is 0 Å². The van der Waals surface area contributed by atoms with Crippen molar-refractivity contribution in [3.63, 3.8) is 0 Å². The molecular formula is C15H26N4O. The van der Waals surface area contributed by atoms with Crippen molar-refractivity contribution in [3.05, 3.63) is 11.9 Å². The Balaban J connectivity index is 2.26. The highest BCUT2D eigenvalue weighted by Crippen LogP contribution is 2.26. The topological polar surface area (TPSA) is 50.3 Å². The van der Waals surface area contributed by atoms with Gasteiger partial charge < -0.3 is 15.0 Å². The quantitative estimate of drug-likeness (QED) is 0.866. The maximum atomic E-state index is 5.76. The molecule has 1 aromatic heterocycles. The van der Waals surface area contributed by atoms with Gasteiger partial charge >= 0.3 is 0 Å². The number of hydrogen-bond acceptors (Lipinski definition) is 5. The van der Waals surface area contributed by atoms with E-state index in [1.165, 1.54) is 5.56 Å². The van der Waals surface area contributed by atoms with Crippen LogP contribution in [0.15, 0.2) is 6.33 Å². The van der Waals surface area contributed by atoms with E-state index in [4.69, 9.17) is 4.74 Å². The first-order valence-corrected chi connectivity index (χ1v) is 7.74. The number of morpholine rings is 1. The second-order valence-corrected chi connectivity index (χ2v) is 5.15. The van der Waals surface area contributed by atoms with Crippen molar-refractivity contribution < 1.29 is 4.74 Å². The molecular weight excluding hydrogens is 252 g/mol. The fraction of sp³-hybridized carbons (Fsp3) is 0.733. The number of nitrogens with zero attached hydrogens (tertiary/aromatic N) is 3. The highest BCUT2D eigenvalue weighted by molar-refractivity contribution is 5.59. The summed E-state index contributed by atoms with van der Waals surface area (Å²) in [6, 6.07) is 0. The zero-order chi connectivity index (χ0) is 14.4. The average molecular weight is 278 g/mol. The van der Waals surface area contributed by atoms with E-state index in [1.54, 1.807) is 6.33 Å². The molecule has 0 aliphatic carbocycles. The number of nitrogens with one attached hydrogen (secondary N) is 1. The van der Waals surface area contributed by atoms with E-state index >= 15 is 0 Å². The van der Waals surface area contributed by atoms with E-state index in [9.17, 15) is 0 Å². The van der Waals surface area contributed by atoms with Gasteiger partial charge in [-0.3, -0.25) is 0 Å². The normalized spacial score (nSPS) is 19.1. The number of anilines is 2. The van der Waals surface area contributed by atoms with E-state index in [0.29, 0.717) is 6.10 Å². The molecule has 1 aliphatic heterocycles. The van der Waals surface area contributed by atoms with Gasteiger partial charge in [0.05, 0.1) is 12.7 Å². The Morgan fingerprint density at radius 3 is 2.90 bits per heavy atom. The summed E-state index contributed by atoms with van der Waals surface area (Å²) >= 11 is 0. The lowest BCUT2D eigenvalue weighted by Gasteiger charge is -2.34. The fourth-order valence-electron chi connectivity index (χ4n) is 2.63. The molecule has 112 valence electrons. The molecule has 1 saturated heterocycles. The minimum absolute atomic E-state index is 0.316. The molecule has 0 bridgehead atoms. The Morgan fingerprint density at radius 2 is 2.20 bits per heavy atom. The summed E-state index contributed by atoms with van der Waals surface area (Å²) in [6.07, 6.45) is 5.14. The molecule has 1 aliphatic rings. The maximum absolute atomic E-state index is 5.76. The predicted molar refractivity (Wildman–Crippen MR) is 82.4 cm³/mol. The molecule has 2 rings (SSSR count). The van der Waals surface area contributed by atoms with Crippen LogP contribution in [0.4, 0.5) is 11.6 Å². The van der Waals surface area contributed by atoms with E-state index in [1.807, 2.05) is 0 Å². The van der Waals surface area contributed by atoms with E-state index in [2.05, 4.69) is 41.0 Å². The summed E-state index contributed by atoms with van der Waals surface area (Å²) in [5, 5.41) is 3.36. The highest BCUT2D eigenvalue weighted by atomic mass is 16.5. The van der Waals surface area contributed by atoms with Crippen LogP contribution < -0.4 is 10.2 Å². The Kier molecular flexibility index (Phi) is 5.59. The number of ether oxygens (including phenoxy) is 1. The first-order valence-electron chi connectivity index (χ1n) is 7.74. The molecule has 0 spiro atoms. The SMILES string of the molecule is CCCc1c(NCC)ncnc1N1CCOC(CC)C1. The molecule has 1 N–H and O–H groups in total. The van der Waals surface area contributed by atoms with Gasteiger partial charge in [-0.05, 0) is 19.8 Å². The first-order chi connectivity index (χ1) is 9.80. The first kappa shape index (κ1) is 15.0. The summed E-state index contributed by atoms with van der Waals surface area (Å²) < 4.78 is 5.76. The van der Waals surface area contributed by atoms with Gasteiger partial charge in [-0.2, -0.15) is 0 Å². The molecule has 20 heavy (non-hydrogen) atoms. The van der Waals surface area contributed by atoms with Gasteiger partial charge in [0.1, 0.15) is 18.0 Å². The molecule has 1 aromatic rings. The van der Waals surface area contributed by atoms with Crippen molar-refractivity contribution >= 4 is 11.6 Å². The summed E-state index contributed by atoms with van der Waals surface area (Å²) in [7, 11) is 0. The molecule has 5 nitrogen and oxygen atoms in total. The maximum Gasteiger partial charge on any atom is 0.137 e. The lowest BCUT2D eigenvalue weighted by atomic mass is 10.1. The van der Waals surface area contributed by atoms with Crippen molar-refractivity contribution in [2.75, 3.05) is 36.5 Å². The van der Waals surface area contributed by atoms with E-state index in [-0.39, 0.29) is 0 Å². The molecule has 0 radical (unpaired) electrons. The van der Waals surface area contributed by atoms with Gasteiger partial charge in [-0.1, -0.05) is 20.3 Å². The molecule has 2 heterocycles. The van der Waals surface area contributed by atoms with Crippen molar-refractivity contribution in [1.82, 2.24) is 9.97 Å². The van der Waals surface area contributed by atoms with Crippen molar-refractivity contribution in [2.24, 2.45) is 0 Å². The highest BCUT2D eigenvalue weighted by Gasteiger charge is 2.23. The largest absolute Gasteiger partial charge is 0.375 e. The van der Waals surface area contributed by atoms with Crippen molar-refractivity contribution in [2.45, 2.75) is 46.1 Å². The fourth-order valence-corrected chi connectivity index (χ4v) is 2.63. The van der Waals surface area contributed by atoms with Gasteiger partial charge in [0, 0.05) is 25.2 Å². The number of hydrogen-bond donors (Lipinski definition) is 1. The Morgan fingerprint density at radius 1 is 1.35 bits per heavy atom. The van der Waals surface area contributed by atoms with Gasteiger partial charge in [0.2, 0.25) is 0 Å². The molecule has 0 aromatic carbocycles.